The Labute approximate surface area is 206 Å². The number of aromatic nitrogens is 1. The van der Waals surface area contributed by atoms with Gasteiger partial charge in [-0.05, 0) is 50.8 Å². The van der Waals surface area contributed by atoms with Gasteiger partial charge in [-0.2, -0.15) is 0 Å². The highest BCUT2D eigenvalue weighted by Crippen LogP contribution is 2.33. The highest BCUT2D eigenvalue weighted by Gasteiger charge is 2.31. The fraction of sp³-hybridized carbons (Fsp3) is 0.538. The Kier molecular flexibility index (Phi) is 9.83. The molecule has 1 unspecified atom stereocenters. The van der Waals surface area contributed by atoms with Crippen molar-refractivity contribution in [2.24, 2.45) is 0 Å². The summed E-state index contributed by atoms with van der Waals surface area (Å²) in [6, 6.07) is 8.09. The minimum Gasteiger partial charge on any atom is -0.489 e. The number of hydrogen-bond acceptors (Lipinski definition) is 6. The summed E-state index contributed by atoms with van der Waals surface area (Å²) in [6.07, 6.45) is 6.13. The van der Waals surface area contributed by atoms with E-state index in [1.165, 1.54) is 0 Å². The molecule has 1 aromatic carbocycles. The predicted molar refractivity (Wildman–Crippen MR) is 139 cm³/mol. The van der Waals surface area contributed by atoms with Crippen LogP contribution in [-0.2, 0) is 9.53 Å². The molecule has 3 rings (SSSR count). The standard InChI is InChI=1S/C26H36N2O3S2/c1-5-6-7-8-24(29)20-9-11-21(12-10-20)28-22(13-14-25(28)30)15-16-32-26-27-23(17-33-26)19(4)31-18(2)3/h9-12,17-18,22,24,29H,4-8,13-16H2,1-3H3/t22-,24?/m1/s1. The molecule has 1 N–H and O–H groups in total. The van der Waals surface area contributed by atoms with Gasteiger partial charge in [0.2, 0.25) is 5.91 Å². The molecule has 2 aromatic rings. The molecule has 5 nitrogen and oxygen atoms in total. The van der Waals surface area contributed by atoms with Gasteiger partial charge in [-0.25, -0.2) is 4.98 Å². The zero-order chi connectivity index (χ0) is 23.8. The van der Waals surface area contributed by atoms with Crippen LogP contribution in [0.2, 0.25) is 0 Å². The Hall–Kier alpha value is -1.83. The molecule has 1 aliphatic heterocycles. The molecular weight excluding hydrogens is 452 g/mol. The molecule has 1 fully saturated rings. The van der Waals surface area contributed by atoms with E-state index in [2.05, 4.69) is 18.5 Å². The Morgan fingerprint density at radius 3 is 2.79 bits per heavy atom. The third-order valence-electron chi connectivity index (χ3n) is 5.79. The molecule has 2 atom stereocenters. The van der Waals surface area contributed by atoms with Crippen molar-refractivity contribution in [3.05, 3.63) is 47.5 Å². The van der Waals surface area contributed by atoms with Crippen LogP contribution in [0.5, 0.6) is 0 Å². The number of anilines is 1. The van der Waals surface area contributed by atoms with Crippen molar-refractivity contribution < 1.29 is 14.6 Å². The summed E-state index contributed by atoms with van der Waals surface area (Å²) in [7, 11) is 0. The second-order valence-corrected chi connectivity index (χ2v) is 11.0. The van der Waals surface area contributed by atoms with E-state index in [4.69, 9.17) is 4.74 Å². The van der Waals surface area contributed by atoms with Gasteiger partial charge in [-0.3, -0.25) is 4.79 Å². The van der Waals surface area contributed by atoms with Crippen LogP contribution in [0.15, 0.2) is 40.6 Å². The van der Waals surface area contributed by atoms with Crippen LogP contribution in [0, 0.1) is 0 Å². The summed E-state index contributed by atoms with van der Waals surface area (Å²) in [6.45, 7) is 10.1. The largest absolute Gasteiger partial charge is 0.489 e. The number of thiazole rings is 1. The van der Waals surface area contributed by atoms with Gasteiger partial charge in [-0.15, -0.1) is 11.3 Å². The number of aliphatic hydroxyl groups is 1. The van der Waals surface area contributed by atoms with E-state index in [9.17, 15) is 9.90 Å². The number of rotatable bonds is 13. The summed E-state index contributed by atoms with van der Waals surface area (Å²) in [5.41, 5.74) is 2.65. The van der Waals surface area contributed by atoms with Crippen molar-refractivity contribution in [3.8, 4) is 0 Å². The van der Waals surface area contributed by atoms with Crippen LogP contribution >= 0.6 is 23.1 Å². The minimum atomic E-state index is -0.433. The number of hydrogen-bond donors (Lipinski definition) is 1. The number of thioether (sulfide) groups is 1. The molecule has 0 bridgehead atoms. The van der Waals surface area contributed by atoms with Crippen molar-refractivity contribution >= 4 is 40.5 Å². The van der Waals surface area contributed by atoms with Crippen molar-refractivity contribution in [3.63, 3.8) is 0 Å². The molecule has 0 spiro atoms. The molecule has 1 saturated heterocycles. The molecule has 1 amide bonds. The van der Waals surface area contributed by atoms with E-state index in [1.54, 1.807) is 23.1 Å². The average molecular weight is 489 g/mol. The molecule has 1 aliphatic rings. The Morgan fingerprint density at radius 1 is 1.33 bits per heavy atom. The molecular formula is C26H36N2O3S2. The van der Waals surface area contributed by atoms with Crippen LogP contribution in [0.3, 0.4) is 0 Å². The van der Waals surface area contributed by atoms with Gasteiger partial charge in [0, 0.05) is 29.3 Å². The quantitative estimate of drug-likeness (QED) is 0.190. The fourth-order valence-electron chi connectivity index (χ4n) is 4.06. The van der Waals surface area contributed by atoms with Crippen molar-refractivity contribution in [1.82, 2.24) is 4.98 Å². The smallest absolute Gasteiger partial charge is 0.227 e. The number of ether oxygens (including phenoxy) is 1. The summed E-state index contributed by atoms with van der Waals surface area (Å²) in [4.78, 5) is 19.2. The van der Waals surface area contributed by atoms with E-state index < -0.39 is 6.10 Å². The lowest BCUT2D eigenvalue weighted by atomic mass is 10.0. The lowest BCUT2D eigenvalue weighted by Gasteiger charge is -2.25. The van der Waals surface area contributed by atoms with Crippen LogP contribution in [-0.4, -0.2) is 33.9 Å². The van der Waals surface area contributed by atoms with Crippen LogP contribution in [0.1, 0.15) is 83.1 Å². The third-order valence-corrected chi connectivity index (χ3v) is 7.84. The zero-order valence-corrected chi connectivity index (χ0v) is 21.6. The Balaban J connectivity index is 1.54. The minimum absolute atomic E-state index is 0.0829. The normalized spacial score (nSPS) is 17.1. The SMILES string of the molecule is C=C(OC(C)C)c1csc(SCC[C@H]2CCC(=O)N2c2ccc(C(O)CCCCC)cc2)n1. The zero-order valence-electron chi connectivity index (χ0n) is 20.0. The predicted octanol–water partition coefficient (Wildman–Crippen LogP) is 6.83. The number of nitrogens with zero attached hydrogens (tertiary/aromatic N) is 2. The topological polar surface area (TPSA) is 62.7 Å². The highest BCUT2D eigenvalue weighted by molar-refractivity contribution is 8.01. The van der Waals surface area contributed by atoms with Crippen molar-refractivity contribution in [1.29, 1.82) is 0 Å². The van der Waals surface area contributed by atoms with Gasteiger partial charge in [0.25, 0.3) is 0 Å². The molecule has 2 heterocycles. The van der Waals surface area contributed by atoms with Crippen molar-refractivity contribution in [2.75, 3.05) is 10.7 Å². The number of amides is 1. The van der Waals surface area contributed by atoms with Gasteiger partial charge in [0.15, 0.2) is 4.34 Å². The number of aliphatic hydroxyl groups excluding tert-OH is 1. The van der Waals surface area contributed by atoms with E-state index in [1.807, 2.05) is 48.4 Å². The summed E-state index contributed by atoms with van der Waals surface area (Å²) < 4.78 is 6.63. The summed E-state index contributed by atoms with van der Waals surface area (Å²) >= 11 is 3.32. The van der Waals surface area contributed by atoms with E-state index in [0.29, 0.717) is 12.2 Å². The third kappa shape index (κ3) is 7.33. The molecule has 0 radical (unpaired) electrons. The fourth-order valence-corrected chi connectivity index (χ4v) is 6.00. The Bertz CT molecular complexity index is 911. The first-order chi connectivity index (χ1) is 15.9. The average Bonchev–Trinajstić information content (AvgIpc) is 3.40. The lowest BCUT2D eigenvalue weighted by Crippen LogP contribution is -2.33. The second-order valence-electron chi connectivity index (χ2n) is 8.78. The number of carbonyl (C=O) groups is 1. The molecule has 0 saturated carbocycles. The van der Waals surface area contributed by atoms with Crippen LogP contribution in [0.4, 0.5) is 5.69 Å². The Morgan fingerprint density at radius 2 is 2.09 bits per heavy atom. The second kappa shape index (κ2) is 12.6. The first kappa shape index (κ1) is 25.8. The van der Waals surface area contributed by atoms with Crippen LogP contribution < -0.4 is 4.90 Å². The highest BCUT2D eigenvalue weighted by atomic mass is 32.2. The lowest BCUT2D eigenvalue weighted by molar-refractivity contribution is -0.117. The van der Waals surface area contributed by atoms with Gasteiger partial charge in [-0.1, -0.05) is 56.7 Å². The molecule has 33 heavy (non-hydrogen) atoms. The first-order valence-corrected chi connectivity index (χ1v) is 13.8. The number of benzene rings is 1. The summed E-state index contributed by atoms with van der Waals surface area (Å²) in [5, 5.41) is 12.4. The molecule has 180 valence electrons. The van der Waals surface area contributed by atoms with Crippen LogP contribution in [0.25, 0.3) is 5.76 Å². The summed E-state index contributed by atoms with van der Waals surface area (Å²) in [5.74, 6) is 1.69. The molecule has 0 aliphatic carbocycles. The van der Waals surface area contributed by atoms with Gasteiger partial charge in [0.1, 0.15) is 11.5 Å². The maximum atomic E-state index is 12.6. The van der Waals surface area contributed by atoms with Crippen molar-refractivity contribution in [2.45, 2.75) is 88.3 Å². The molecule has 1 aromatic heterocycles. The van der Waals surface area contributed by atoms with Gasteiger partial charge in [0.05, 0.1) is 12.2 Å². The molecule has 7 heteroatoms. The first-order valence-electron chi connectivity index (χ1n) is 11.9. The van der Waals surface area contributed by atoms with E-state index in [-0.39, 0.29) is 18.1 Å². The maximum Gasteiger partial charge on any atom is 0.227 e. The van der Waals surface area contributed by atoms with E-state index in [0.717, 1.165) is 65.6 Å². The van der Waals surface area contributed by atoms with E-state index >= 15 is 0 Å². The monoisotopic (exact) mass is 488 g/mol. The number of carbonyl (C=O) groups excluding carboxylic acids is 1. The number of unbranched alkanes of at least 4 members (excludes halogenated alkanes) is 2. The van der Waals surface area contributed by atoms with Gasteiger partial charge >= 0.3 is 0 Å². The van der Waals surface area contributed by atoms with Gasteiger partial charge < -0.3 is 14.7 Å². The maximum absolute atomic E-state index is 12.6.